The molecule has 2 aliphatic carbocycles. The van der Waals surface area contributed by atoms with Gasteiger partial charge in [0, 0.05) is 47.8 Å². The van der Waals surface area contributed by atoms with E-state index in [0.717, 1.165) is 76.2 Å². The number of rotatable bonds is 22. The van der Waals surface area contributed by atoms with Crippen LogP contribution in [0.3, 0.4) is 0 Å². The number of benzene rings is 2. The summed E-state index contributed by atoms with van der Waals surface area (Å²) >= 11 is 1.67. The number of pyridine rings is 1. The lowest BCUT2D eigenvalue weighted by atomic mass is 9.96. The molecular weight excluding hydrogens is 721 g/mol. The highest BCUT2D eigenvalue weighted by Crippen LogP contribution is 2.53. The number of hydrogen-bond acceptors (Lipinski definition) is 12. The summed E-state index contributed by atoms with van der Waals surface area (Å²) in [5, 5.41) is 49.4. The van der Waals surface area contributed by atoms with E-state index in [2.05, 4.69) is 36.2 Å². The molecular formula is C39H52N2O10S2. The van der Waals surface area contributed by atoms with E-state index in [1.807, 2.05) is 36.7 Å². The van der Waals surface area contributed by atoms with Crippen molar-refractivity contribution in [3.63, 3.8) is 0 Å². The molecule has 1 aromatic heterocycles. The van der Waals surface area contributed by atoms with E-state index in [0.29, 0.717) is 19.4 Å². The van der Waals surface area contributed by atoms with Gasteiger partial charge in [0.1, 0.15) is 33.9 Å². The quantitative estimate of drug-likeness (QED) is 0.0742. The van der Waals surface area contributed by atoms with Crippen molar-refractivity contribution in [2.24, 2.45) is 0 Å². The molecule has 3 aromatic rings. The summed E-state index contributed by atoms with van der Waals surface area (Å²) in [6.07, 6.45) is 2.64. The number of carbonyl (C=O) groups is 1. The maximum atomic E-state index is 13.1. The van der Waals surface area contributed by atoms with Gasteiger partial charge in [-0.1, -0.05) is 24.3 Å². The highest BCUT2D eigenvalue weighted by molar-refractivity contribution is 7.99. The van der Waals surface area contributed by atoms with Gasteiger partial charge >= 0.3 is 0 Å². The molecule has 4 atom stereocenters. The average molecular weight is 773 g/mol. The Morgan fingerprint density at radius 2 is 1.74 bits per heavy atom. The van der Waals surface area contributed by atoms with Crippen molar-refractivity contribution in [3.8, 4) is 16.9 Å². The zero-order chi connectivity index (χ0) is 38.2. The smallest absolute Gasteiger partial charge is 0.254 e. The number of ether oxygens (including phenoxy) is 2. The molecule has 2 aliphatic rings. The Hall–Kier alpha value is -3.08. The van der Waals surface area contributed by atoms with Crippen LogP contribution in [0.15, 0.2) is 65.8 Å². The first-order chi connectivity index (χ1) is 25.3. The fraction of sp³-hybridized carbons (Fsp3) is 0.538. The van der Waals surface area contributed by atoms with Crippen molar-refractivity contribution >= 4 is 27.5 Å². The average Bonchev–Trinajstić information content (AvgIpc) is 4.10. The van der Waals surface area contributed by atoms with Crippen molar-refractivity contribution in [2.45, 2.75) is 99.5 Å². The van der Waals surface area contributed by atoms with Gasteiger partial charge in [-0.25, -0.2) is 8.42 Å². The number of amides is 1. The Labute approximate surface area is 316 Å². The normalized spacial score (nSPS) is 17.5. The predicted molar refractivity (Wildman–Crippen MR) is 202 cm³/mol. The van der Waals surface area contributed by atoms with Crippen LogP contribution >= 0.6 is 11.8 Å². The molecule has 14 heteroatoms. The van der Waals surface area contributed by atoms with Crippen LogP contribution in [-0.4, -0.2) is 118 Å². The fourth-order valence-electron chi connectivity index (χ4n) is 6.16. The third-order valence-electron chi connectivity index (χ3n) is 9.69. The van der Waals surface area contributed by atoms with Gasteiger partial charge in [0.05, 0.1) is 30.7 Å². The molecule has 1 heterocycles. The van der Waals surface area contributed by atoms with Crippen molar-refractivity contribution < 1.29 is 48.2 Å². The van der Waals surface area contributed by atoms with E-state index < -0.39 is 52.4 Å². The molecule has 0 spiro atoms. The van der Waals surface area contributed by atoms with Gasteiger partial charge in [0.25, 0.3) is 5.91 Å². The second kappa shape index (κ2) is 18.5. The van der Waals surface area contributed by atoms with E-state index in [-0.39, 0.29) is 31.4 Å². The summed E-state index contributed by atoms with van der Waals surface area (Å²) in [5.41, 5.74) is 4.99. The first-order valence-corrected chi connectivity index (χ1v) is 21.2. The van der Waals surface area contributed by atoms with E-state index >= 15 is 0 Å². The summed E-state index contributed by atoms with van der Waals surface area (Å²) in [5.74, 6) is 0.557. The molecule has 5 N–H and O–H groups in total. The zero-order valence-corrected chi connectivity index (χ0v) is 32.0. The maximum absolute atomic E-state index is 13.1. The maximum Gasteiger partial charge on any atom is 0.254 e. The summed E-state index contributed by atoms with van der Waals surface area (Å²) in [6.45, 7) is 1.85. The molecule has 2 saturated carbocycles. The molecule has 0 saturated heterocycles. The molecule has 1 amide bonds. The van der Waals surface area contributed by atoms with Gasteiger partial charge < -0.3 is 39.9 Å². The summed E-state index contributed by atoms with van der Waals surface area (Å²) < 4.78 is 36.3. The first-order valence-electron chi connectivity index (χ1n) is 18.2. The number of unbranched alkanes of at least 4 members (excludes halogenated alkanes) is 1. The van der Waals surface area contributed by atoms with Crippen LogP contribution in [0.2, 0.25) is 0 Å². The highest BCUT2D eigenvalue weighted by atomic mass is 32.2. The Bertz CT molecular complexity index is 1780. The van der Waals surface area contributed by atoms with Gasteiger partial charge in [-0.2, -0.15) is 0 Å². The van der Waals surface area contributed by atoms with Crippen molar-refractivity contribution in [2.75, 3.05) is 37.5 Å². The van der Waals surface area contributed by atoms with Crippen LogP contribution in [0.25, 0.3) is 11.1 Å². The third kappa shape index (κ3) is 11.5. The third-order valence-corrected chi connectivity index (χ3v) is 11.8. The minimum absolute atomic E-state index is 0.0194. The number of carbonyl (C=O) groups excluding carboxylic acids is 1. The van der Waals surface area contributed by atoms with Crippen LogP contribution in [0, 0.1) is 6.92 Å². The van der Waals surface area contributed by atoms with E-state index in [1.165, 1.54) is 4.90 Å². The monoisotopic (exact) mass is 772 g/mol. The zero-order valence-electron chi connectivity index (χ0n) is 30.3. The lowest BCUT2D eigenvalue weighted by molar-refractivity contribution is -0.158. The van der Waals surface area contributed by atoms with Crippen LogP contribution in [-0.2, 0) is 31.6 Å². The number of nitrogens with zero attached hydrogens (tertiary/aromatic N) is 2. The van der Waals surface area contributed by atoms with Gasteiger partial charge in [-0.3, -0.25) is 9.78 Å². The molecule has 0 bridgehead atoms. The Kier molecular flexibility index (Phi) is 14.3. The van der Waals surface area contributed by atoms with Crippen molar-refractivity contribution in [3.05, 3.63) is 77.6 Å². The highest BCUT2D eigenvalue weighted by Gasteiger charge is 2.48. The van der Waals surface area contributed by atoms with Gasteiger partial charge in [-0.15, -0.1) is 11.8 Å². The fourth-order valence-corrected chi connectivity index (χ4v) is 7.79. The standard InChI is InChI=1S/C39H52N2O10S2/c1-26-10-13-29(52-20-6-5-18-41(19-7-21-53(2,48)49)38(47)37(46)36(45)35(44)33(43)24-42)22-27(26)25-50-39(15-16-39)32-23-40-17-14-30(32)31-8-3-4-9-34(31)51-28-11-12-28/h3-4,8-10,13-14,17,22-23,28,33,35-37,42-46H,5-7,11-12,15-16,18-21,24-25H2,1-2H3/t33-,35+,36-,37-/m0/s1. The SMILES string of the molecule is Cc1ccc(SCCCCN(CCCS(C)(=O)=O)C(=O)[C@@H](O)[C@@H](O)[C@H](O)[C@@H](O)CO)cc1COC1(c2cnccc2-c2ccccc2OC2CC2)CC1. The van der Waals surface area contributed by atoms with E-state index in [9.17, 15) is 33.6 Å². The minimum atomic E-state index is -3.29. The number of aryl methyl sites for hydroxylation is 1. The number of thioether (sulfide) groups is 1. The molecule has 53 heavy (non-hydrogen) atoms. The van der Waals surface area contributed by atoms with Crippen LogP contribution in [0.4, 0.5) is 0 Å². The second-order valence-corrected chi connectivity index (χ2v) is 17.6. The van der Waals surface area contributed by atoms with Crippen LogP contribution in [0.5, 0.6) is 5.75 Å². The lowest BCUT2D eigenvalue weighted by Crippen LogP contribution is -2.53. The van der Waals surface area contributed by atoms with Crippen molar-refractivity contribution in [1.82, 2.24) is 9.88 Å². The molecule has 2 fully saturated rings. The number of aromatic nitrogens is 1. The second-order valence-electron chi connectivity index (χ2n) is 14.1. The summed E-state index contributed by atoms with van der Waals surface area (Å²) in [7, 11) is -3.29. The number of para-hydroxylation sites is 1. The predicted octanol–water partition coefficient (Wildman–Crippen LogP) is 3.38. The molecule has 0 aliphatic heterocycles. The van der Waals surface area contributed by atoms with E-state index in [4.69, 9.17) is 14.6 Å². The van der Waals surface area contributed by atoms with Crippen LogP contribution in [0.1, 0.15) is 61.6 Å². The Balaban J connectivity index is 1.16. The summed E-state index contributed by atoms with van der Waals surface area (Å²) in [4.78, 5) is 19.9. The molecule has 290 valence electrons. The molecule has 2 aromatic carbocycles. The molecule has 5 rings (SSSR count). The summed E-state index contributed by atoms with van der Waals surface area (Å²) in [6, 6.07) is 16.5. The molecule has 12 nitrogen and oxygen atoms in total. The Morgan fingerprint density at radius 1 is 1.00 bits per heavy atom. The van der Waals surface area contributed by atoms with Gasteiger partial charge in [-0.05, 0) is 98.6 Å². The Morgan fingerprint density at radius 3 is 2.43 bits per heavy atom. The molecule has 0 radical (unpaired) electrons. The van der Waals surface area contributed by atoms with Gasteiger partial charge in [0.2, 0.25) is 0 Å². The topological polar surface area (TPSA) is 187 Å². The first kappa shape index (κ1) is 41.1. The number of hydrogen-bond donors (Lipinski definition) is 5. The minimum Gasteiger partial charge on any atom is -0.490 e. The number of aliphatic hydroxyl groups is 5. The number of aliphatic hydroxyl groups excluding tert-OH is 5. The lowest BCUT2D eigenvalue weighted by Gasteiger charge is -2.30. The largest absolute Gasteiger partial charge is 0.490 e. The van der Waals surface area contributed by atoms with Crippen molar-refractivity contribution in [1.29, 1.82) is 0 Å². The van der Waals surface area contributed by atoms with Gasteiger partial charge in [0.15, 0.2) is 6.10 Å². The number of sulfone groups is 1. The molecule has 0 unspecified atom stereocenters. The van der Waals surface area contributed by atoms with Crippen LogP contribution < -0.4 is 4.74 Å². The van der Waals surface area contributed by atoms with E-state index in [1.54, 1.807) is 11.8 Å².